The maximum Gasteiger partial charge on any atom is 0.0841 e. The van der Waals surface area contributed by atoms with Gasteiger partial charge in [-0.25, -0.2) is 0 Å². The van der Waals surface area contributed by atoms with Gasteiger partial charge in [0.1, 0.15) is 0 Å². The van der Waals surface area contributed by atoms with E-state index in [1.54, 1.807) is 19.9 Å². The zero-order valence-corrected chi connectivity index (χ0v) is 9.30. The third-order valence-electron chi connectivity index (χ3n) is 2.17. The molecule has 0 unspecified atom stereocenters. The lowest BCUT2D eigenvalue weighted by Gasteiger charge is -2.18. The van der Waals surface area contributed by atoms with E-state index in [0.717, 1.165) is 17.5 Å². The number of nitrogens with two attached hydrogens (primary N) is 1. The number of halogens is 1. The van der Waals surface area contributed by atoms with E-state index in [-0.39, 0.29) is 0 Å². The normalized spacial score (nSPS) is 11.8. The first-order valence-corrected chi connectivity index (χ1v) is 5.04. The molecular formula is C11H16ClNO. The average molecular weight is 214 g/mol. The molecule has 1 rings (SSSR count). The van der Waals surface area contributed by atoms with Crippen molar-refractivity contribution in [2.24, 2.45) is 5.73 Å². The second kappa shape index (κ2) is 4.30. The van der Waals surface area contributed by atoms with Crippen molar-refractivity contribution in [2.75, 3.05) is 6.54 Å². The molecule has 14 heavy (non-hydrogen) atoms. The Morgan fingerprint density at radius 1 is 1.43 bits per heavy atom. The summed E-state index contributed by atoms with van der Waals surface area (Å²) in [4.78, 5) is 0. The van der Waals surface area contributed by atoms with Gasteiger partial charge in [-0.15, -0.1) is 0 Å². The summed E-state index contributed by atoms with van der Waals surface area (Å²) in [6, 6.07) is 5.60. The molecule has 3 N–H and O–H groups in total. The molecule has 0 amide bonds. The summed E-state index contributed by atoms with van der Waals surface area (Å²) in [5.74, 6) is 0. The van der Waals surface area contributed by atoms with Crippen LogP contribution < -0.4 is 5.73 Å². The van der Waals surface area contributed by atoms with Gasteiger partial charge < -0.3 is 10.8 Å². The molecule has 0 fully saturated rings. The first-order chi connectivity index (χ1) is 6.45. The maximum atomic E-state index is 9.75. The van der Waals surface area contributed by atoms with Crippen molar-refractivity contribution in [3.63, 3.8) is 0 Å². The van der Waals surface area contributed by atoms with Gasteiger partial charge >= 0.3 is 0 Å². The third-order valence-corrected chi connectivity index (χ3v) is 2.53. The van der Waals surface area contributed by atoms with Crippen molar-refractivity contribution in [1.29, 1.82) is 0 Å². The van der Waals surface area contributed by atoms with Crippen LogP contribution in [0.2, 0.25) is 5.02 Å². The molecule has 0 saturated carbocycles. The maximum absolute atomic E-state index is 9.75. The molecule has 78 valence electrons. The van der Waals surface area contributed by atoms with Gasteiger partial charge in [0.25, 0.3) is 0 Å². The van der Waals surface area contributed by atoms with Crippen LogP contribution >= 0.6 is 11.6 Å². The lowest BCUT2D eigenvalue weighted by Crippen LogP contribution is -2.15. The van der Waals surface area contributed by atoms with E-state index < -0.39 is 5.60 Å². The molecule has 3 heteroatoms. The van der Waals surface area contributed by atoms with E-state index in [1.807, 2.05) is 12.1 Å². The van der Waals surface area contributed by atoms with Gasteiger partial charge in [0.2, 0.25) is 0 Å². The quantitative estimate of drug-likeness (QED) is 0.808. The molecule has 0 spiro atoms. The molecule has 1 aromatic carbocycles. The van der Waals surface area contributed by atoms with Crippen molar-refractivity contribution >= 4 is 11.6 Å². The highest BCUT2D eigenvalue weighted by Gasteiger charge is 2.16. The molecule has 0 saturated heterocycles. The summed E-state index contributed by atoms with van der Waals surface area (Å²) in [6.45, 7) is 4.06. The van der Waals surface area contributed by atoms with E-state index in [9.17, 15) is 5.11 Å². The predicted molar refractivity (Wildman–Crippen MR) is 59.5 cm³/mol. The SMILES string of the molecule is CC(C)(O)c1ccc(CCN)c(Cl)c1. The predicted octanol–water partition coefficient (Wildman–Crippen LogP) is 2.07. The van der Waals surface area contributed by atoms with Crippen molar-refractivity contribution in [3.05, 3.63) is 34.3 Å². The van der Waals surface area contributed by atoms with Crippen LogP contribution in [0.5, 0.6) is 0 Å². The van der Waals surface area contributed by atoms with E-state index in [1.165, 1.54) is 0 Å². The number of hydrogen-bond donors (Lipinski definition) is 2. The van der Waals surface area contributed by atoms with Crippen LogP contribution in [0.1, 0.15) is 25.0 Å². The zero-order chi connectivity index (χ0) is 10.8. The first-order valence-electron chi connectivity index (χ1n) is 4.66. The second-order valence-corrected chi connectivity index (χ2v) is 4.31. The van der Waals surface area contributed by atoms with E-state index in [4.69, 9.17) is 17.3 Å². The highest BCUT2D eigenvalue weighted by atomic mass is 35.5. The van der Waals surface area contributed by atoms with Crippen LogP contribution in [0.3, 0.4) is 0 Å². The molecular weight excluding hydrogens is 198 g/mol. The van der Waals surface area contributed by atoms with Crippen LogP contribution in [0.25, 0.3) is 0 Å². The average Bonchev–Trinajstić information content (AvgIpc) is 2.07. The summed E-state index contributed by atoms with van der Waals surface area (Å²) < 4.78 is 0. The minimum absolute atomic E-state index is 0.585. The topological polar surface area (TPSA) is 46.2 Å². The van der Waals surface area contributed by atoms with E-state index >= 15 is 0 Å². The van der Waals surface area contributed by atoms with Gasteiger partial charge in [-0.05, 0) is 44.0 Å². The largest absolute Gasteiger partial charge is 0.386 e. The Kier molecular flexibility index (Phi) is 3.53. The fourth-order valence-corrected chi connectivity index (χ4v) is 1.56. The Hall–Kier alpha value is -0.570. The molecule has 0 aliphatic carbocycles. The first kappa shape index (κ1) is 11.5. The molecule has 0 radical (unpaired) electrons. The molecule has 0 heterocycles. The number of hydrogen-bond acceptors (Lipinski definition) is 2. The third kappa shape index (κ3) is 2.71. The van der Waals surface area contributed by atoms with Crippen LogP contribution in [0, 0.1) is 0 Å². The Balaban J connectivity index is 3.01. The summed E-state index contributed by atoms with van der Waals surface area (Å²) in [5, 5.41) is 10.4. The standard InChI is InChI=1S/C11H16ClNO/c1-11(2,14)9-4-3-8(5-6-13)10(12)7-9/h3-4,7,14H,5-6,13H2,1-2H3. The van der Waals surface area contributed by atoms with Gasteiger partial charge in [-0.1, -0.05) is 23.7 Å². The minimum Gasteiger partial charge on any atom is -0.386 e. The lowest BCUT2D eigenvalue weighted by molar-refractivity contribution is 0.0786. The van der Waals surface area contributed by atoms with Gasteiger partial charge in [0, 0.05) is 5.02 Å². The van der Waals surface area contributed by atoms with E-state index in [0.29, 0.717) is 11.6 Å². The van der Waals surface area contributed by atoms with E-state index in [2.05, 4.69) is 0 Å². The number of aliphatic hydroxyl groups is 1. The molecule has 0 bridgehead atoms. The second-order valence-electron chi connectivity index (χ2n) is 3.90. The van der Waals surface area contributed by atoms with Crippen LogP contribution in [0.4, 0.5) is 0 Å². The number of rotatable bonds is 3. The van der Waals surface area contributed by atoms with Gasteiger partial charge in [0.15, 0.2) is 0 Å². The molecule has 0 aliphatic rings. The van der Waals surface area contributed by atoms with Crippen molar-refractivity contribution < 1.29 is 5.11 Å². The fourth-order valence-electron chi connectivity index (χ4n) is 1.29. The summed E-state index contributed by atoms with van der Waals surface area (Å²) >= 11 is 6.05. The highest BCUT2D eigenvalue weighted by molar-refractivity contribution is 6.31. The van der Waals surface area contributed by atoms with Crippen LogP contribution in [0.15, 0.2) is 18.2 Å². The molecule has 2 nitrogen and oxygen atoms in total. The van der Waals surface area contributed by atoms with Crippen LogP contribution in [-0.2, 0) is 12.0 Å². The van der Waals surface area contributed by atoms with Gasteiger partial charge in [-0.3, -0.25) is 0 Å². The Bertz CT molecular complexity index is 318. The van der Waals surface area contributed by atoms with Crippen LogP contribution in [-0.4, -0.2) is 11.7 Å². The molecule has 1 aromatic rings. The smallest absolute Gasteiger partial charge is 0.0841 e. The Morgan fingerprint density at radius 2 is 2.07 bits per heavy atom. The monoisotopic (exact) mass is 213 g/mol. The molecule has 0 aromatic heterocycles. The molecule has 0 aliphatic heterocycles. The lowest BCUT2D eigenvalue weighted by atomic mass is 9.97. The zero-order valence-electron chi connectivity index (χ0n) is 8.55. The van der Waals surface area contributed by atoms with Gasteiger partial charge in [0.05, 0.1) is 5.60 Å². The summed E-state index contributed by atoms with van der Waals surface area (Å²) in [5.41, 5.74) is 6.46. The summed E-state index contributed by atoms with van der Waals surface area (Å²) in [6.07, 6.45) is 0.769. The summed E-state index contributed by atoms with van der Waals surface area (Å²) in [7, 11) is 0. The number of benzene rings is 1. The minimum atomic E-state index is -0.842. The van der Waals surface area contributed by atoms with Gasteiger partial charge in [-0.2, -0.15) is 0 Å². The van der Waals surface area contributed by atoms with Crippen molar-refractivity contribution in [2.45, 2.75) is 25.9 Å². The Labute approximate surface area is 89.7 Å². The molecule has 0 atom stereocenters. The highest BCUT2D eigenvalue weighted by Crippen LogP contribution is 2.25. The fraction of sp³-hybridized carbons (Fsp3) is 0.455. The van der Waals surface area contributed by atoms with Crippen molar-refractivity contribution in [1.82, 2.24) is 0 Å². The Morgan fingerprint density at radius 3 is 2.50 bits per heavy atom. The van der Waals surface area contributed by atoms with Crippen molar-refractivity contribution in [3.8, 4) is 0 Å².